The molecule has 21 aromatic rings. The van der Waals surface area contributed by atoms with Crippen LogP contribution in [0.4, 0.5) is 0 Å². The van der Waals surface area contributed by atoms with Crippen molar-refractivity contribution in [3.8, 4) is 68.0 Å². The maximum absolute atomic E-state index is 5.38. The van der Waals surface area contributed by atoms with Crippen LogP contribution in [0, 0.1) is 0 Å². The van der Waals surface area contributed by atoms with Crippen molar-refractivity contribution in [1.82, 2.24) is 38.2 Å². The van der Waals surface area contributed by atoms with Crippen LogP contribution >= 0.6 is 11.3 Å². The van der Waals surface area contributed by atoms with Crippen molar-refractivity contribution in [2.24, 2.45) is 0 Å². The quantitative estimate of drug-likeness (QED) is 0.152. The van der Waals surface area contributed by atoms with E-state index in [-0.39, 0.29) is 0 Å². The molecule has 0 radical (unpaired) electrons. The van der Waals surface area contributed by atoms with Crippen molar-refractivity contribution >= 4 is 130 Å². The summed E-state index contributed by atoms with van der Waals surface area (Å²) < 4.78 is 11.5. The Morgan fingerprint density at radius 2 is 0.566 bits per heavy atom. The minimum atomic E-state index is 0.664. The third-order valence-corrected chi connectivity index (χ3v) is 20.8. The molecule has 7 heterocycles. The van der Waals surface area contributed by atoms with Crippen LogP contribution in [0.5, 0.6) is 0 Å². The molecule has 7 aromatic heterocycles. The highest BCUT2D eigenvalue weighted by molar-refractivity contribution is 7.26. The highest BCUT2D eigenvalue weighted by Gasteiger charge is 2.23. The first kappa shape index (κ1) is 56.3. The van der Waals surface area contributed by atoms with E-state index in [1.54, 1.807) is 11.3 Å². The van der Waals surface area contributed by atoms with Crippen molar-refractivity contribution in [2.75, 3.05) is 0 Å². The Morgan fingerprint density at radius 1 is 0.212 bits per heavy atom. The predicted molar refractivity (Wildman–Crippen MR) is 414 cm³/mol. The number of fused-ring (bicyclic) bond motifs is 16. The molecular weight excluding hydrogens is 1230 g/mol. The summed E-state index contributed by atoms with van der Waals surface area (Å²) in [5.74, 6) is 1.34. The SMILES string of the molecule is c1ccc(-c2nc(-n3c4ccccc4c4ccc(-c5ccc6c(c5)c5ccccc5n6-c5ccccc5)cc43)nc3c2sc2ccccc23)cc1.c1ccc(-c2nc(-n3c4ccccc4c4ccc(-c5ccc6c(c5)c5ccccc5n6-c5ccccc5)cc43)nc3ccccc23)cc1. The molecule has 0 aliphatic carbocycles. The zero-order valence-corrected chi connectivity index (χ0v) is 54.1. The molecular formula is C90H56N8S. The molecule has 0 aliphatic rings. The summed E-state index contributed by atoms with van der Waals surface area (Å²) in [6.07, 6.45) is 0. The van der Waals surface area contributed by atoms with Crippen LogP contribution in [-0.4, -0.2) is 38.2 Å². The van der Waals surface area contributed by atoms with Gasteiger partial charge in [-0.1, -0.05) is 243 Å². The molecule has 0 atom stereocenters. The molecule has 0 amide bonds. The maximum Gasteiger partial charge on any atom is 0.235 e. The Labute approximate surface area is 572 Å². The van der Waals surface area contributed by atoms with Gasteiger partial charge in [-0.05, 0) is 119 Å². The van der Waals surface area contributed by atoms with E-state index in [0.717, 1.165) is 93.6 Å². The van der Waals surface area contributed by atoms with Gasteiger partial charge in [0, 0.05) is 81.1 Å². The molecule has 9 heteroatoms. The Hall–Kier alpha value is -13.1. The molecule has 0 fully saturated rings. The number of rotatable bonds is 8. The predicted octanol–water partition coefficient (Wildman–Crippen LogP) is 23.5. The Morgan fingerprint density at radius 3 is 1.08 bits per heavy atom. The second-order valence-corrected chi connectivity index (χ2v) is 26.3. The average Bonchev–Trinajstić information content (AvgIpc) is 1.60. The average molecular weight is 1280 g/mol. The lowest BCUT2D eigenvalue weighted by Gasteiger charge is -2.12. The van der Waals surface area contributed by atoms with Gasteiger partial charge in [0.2, 0.25) is 11.9 Å². The van der Waals surface area contributed by atoms with Crippen LogP contribution < -0.4 is 0 Å². The van der Waals surface area contributed by atoms with E-state index in [1.165, 1.54) is 81.0 Å². The third-order valence-electron chi connectivity index (χ3n) is 19.7. The fraction of sp³-hybridized carbons (Fsp3) is 0. The molecule has 8 nitrogen and oxygen atoms in total. The molecule has 0 saturated carbocycles. The van der Waals surface area contributed by atoms with Gasteiger partial charge in [0.05, 0.1) is 71.3 Å². The van der Waals surface area contributed by atoms with E-state index in [0.29, 0.717) is 11.9 Å². The van der Waals surface area contributed by atoms with E-state index >= 15 is 0 Å². The lowest BCUT2D eigenvalue weighted by atomic mass is 10.0. The summed E-state index contributed by atoms with van der Waals surface area (Å²) in [5.41, 5.74) is 22.0. The molecule has 462 valence electrons. The molecule has 0 unspecified atom stereocenters. The highest BCUT2D eigenvalue weighted by Crippen LogP contribution is 2.44. The number of benzene rings is 14. The number of thiophene rings is 1. The molecule has 0 saturated heterocycles. The minimum Gasteiger partial charge on any atom is -0.309 e. The van der Waals surface area contributed by atoms with Gasteiger partial charge in [0.1, 0.15) is 0 Å². The van der Waals surface area contributed by atoms with Crippen molar-refractivity contribution in [2.45, 2.75) is 0 Å². The fourth-order valence-electron chi connectivity index (χ4n) is 15.2. The van der Waals surface area contributed by atoms with Crippen LogP contribution in [0.15, 0.2) is 340 Å². The first-order valence-electron chi connectivity index (χ1n) is 33.4. The van der Waals surface area contributed by atoms with Gasteiger partial charge in [0.25, 0.3) is 0 Å². The monoisotopic (exact) mass is 1280 g/mol. The summed E-state index contributed by atoms with van der Waals surface area (Å²) in [6.45, 7) is 0. The van der Waals surface area contributed by atoms with Gasteiger partial charge >= 0.3 is 0 Å². The van der Waals surface area contributed by atoms with Crippen molar-refractivity contribution in [3.63, 3.8) is 0 Å². The third kappa shape index (κ3) is 9.13. The van der Waals surface area contributed by atoms with Crippen LogP contribution in [0.3, 0.4) is 0 Å². The number of para-hydroxylation sites is 7. The second kappa shape index (κ2) is 22.8. The van der Waals surface area contributed by atoms with Crippen molar-refractivity contribution in [3.05, 3.63) is 340 Å². The number of hydrogen-bond acceptors (Lipinski definition) is 5. The van der Waals surface area contributed by atoms with E-state index in [9.17, 15) is 0 Å². The molecule has 0 aliphatic heterocycles. The van der Waals surface area contributed by atoms with Crippen molar-refractivity contribution < 1.29 is 0 Å². The number of hydrogen-bond donors (Lipinski definition) is 0. The van der Waals surface area contributed by atoms with Gasteiger partial charge in [-0.3, -0.25) is 9.13 Å². The second-order valence-electron chi connectivity index (χ2n) is 25.3. The maximum atomic E-state index is 5.38. The smallest absolute Gasteiger partial charge is 0.235 e. The molecule has 21 rings (SSSR count). The fourth-order valence-corrected chi connectivity index (χ4v) is 16.4. The Kier molecular flexibility index (Phi) is 13.0. The highest BCUT2D eigenvalue weighted by atomic mass is 32.1. The Balaban J connectivity index is 0.000000134. The van der Waals surface area contributed by atoms with Crippen molar-refractivity contribution in [1.29, 1.82) is 0 Å². The van der Waals surface area contributed by atoms with Crippen LogP contribution in [-0.2, 0) is 0 Å². The normalized spacial score (nSPS) is 11.8. The molecule has 0 bridgehead atoms. The summed E-state index contributed by atoms with van der Waals surface area (Å²) in [4.78, 5) is 21.2. The molecule has 0 N–H and O–H groups in total. The summed E-state index contributed by atoms with van der Waals surface area (Å²) >= 11 is 1.76. The van der Waals surface area contributed by atoms with Crippen LogP contribution in [0.1, 0.15) is 0 Å². The van der Waals surface area contributed by atoms with E-state index in [4.69, 9.17) is 19.9 Å². The lowest BCUT2D eigenvalue weighted by Crippen LogP contribution is -2.03. The van der Waals surface area contributed by atoms with Gasteiger partial charge in [-0.15, -0.1) is 11.3 Å². The first-order valence-corrected chi connectivity index (χ1v) is 34.3. The van der Waals surface area contributed by atoms with E-state index in [2.05, 4.69) is 346 Å². The Bertz CT molecular complexity index is 6780. The standard InChI is InChI=1S/C46H28N4S.C44H28N4/c1-3-13-29(14-4-1)43-45-44(36-19-9-12-22-42(36)51-45)48-46(47-43)50-39-21-11-7-17-33(39)35-25-23-31(28-41(35)50)30-24-26-40-37(27-30)34-18-8-10-20-38(34)49(40)32-15-5-2-6-16-32;1-3-13-29(14-4-1)43-36-19-7-10-20-38(36)45-44(46-43)48-40-22-12-8-17-33(40)35-25-23-31(28-42(35)48)30-24-26-41-37(27-30)34-18-9-11-21-39(34)47(41)32-15-5-2-6-16-32/h1-28H;1-28H. The summed E-state index contributed by atoms with van der Waals surface area (Å²) in [7, 11) is 0. The molecule has 99 heavy (non-hydrogen) atoms. The van der Waals surface area contributed by atoms with Gasteiger partial charge in [0.15, 0.2) is 0 Å². The zero-order valence-electron chi connectivity index (χ0n) is 53.3. The molecule has 14 aromatic carbocycles. The van der Waals surface area contributed by atoms with Crippen LogP contribution in [0.2, 0.25) is 0 Å². The summed E-state index contributed by atoms with van der Waals surface area (Å²) in [6, 6.07) is 121. The largest absolute Gasteiger partial charge is 0.309 e. The van der Waals surface area contributed by atoms with Gasteiger partial charge in [-0.2, -0.15) is 0 Å². The summed E-state index contributed by atoms with van der Waals surface area (Å²) in [5, 5.41) is 11.9. The minimum absolute atomic E-state index is 0.664. The number of nitrogens with zero attached hydrogens (tertiary/aromatic N) is 8. The van der Waals surface area contributed by atoms with Crippen LogP contribution in [0.25, 0.3) is 186 Å². The number of aromatic nitrogens is 8. The van der Waals surface area contributed by atoms with E-state index < -0.39 is 0 Å². The van der Waals surface area contributed by atoms with Gasteiger partial charge < -0.3 is 9.13 Å². The first-order chi connectivity index (χ1) is 49.1. The van der Waals surface area contributed by atoms with E-state index in [1.807, 2.05) is 12.1 Å². The molecule has 0 spiro atoms. The lowest BCUT2D eigenvalue weighted by molar-refractivity contribution is 1.01. The zero-order chi connectivity index (χ0) is 65.1. The topological polar surface area (TPSA) is 71.3 Å². The van der Waals surface area contributed by atoms with Gasteiger partial charge in [-0.25, -0.2) is 19.9 Å².